The number of fused-ring (bicyclic) bond motifs is 1. The van der Waals surface area contributed by atoms with Gasteiger partial charge in [-0.2, -0.15) is 0 Å². The average molecular weight is 559 g/mol. The maximum Gasteiger partial charge on any atom is 0.246 e. The smallest absolute Gasteiger partial charge is 0.246 e. The van der Waals surface area contributed by atoms with E-state index in [9.17, 15) is 14.4 Å². The third-order valence-corrected chi connectivity index (χ3v) is 8.77. The Bertz CT molecular complexity index is 1020. The molecule has 3 aliphatic heterocycles. The Morgan fingerprint density at radius 1 is 1.08 bits per heavy atom. The number of rotatable bonds is 9. The number of likely N-dealkylation sites (tertiary alicyclic amines) is 1. The molecular weight excluding hydrogens is 522 g/mol. The zero-order valence-electron chi connectivity index (χ0n) is 20.9. The number of hydrogen-bond donors (Lipinski definition) is 2. The van der Waals surface area contributed by atoms with E-state index in [1.165, 1.54) is 6.42 Å². The second-order valence-corrected chi connectivity index (χ2v) is 11.5. The molecule has 3 fully saturated rings. The number of hydrogen-bond acceptors (Lipinski definition) is 4. The predicted molar refractivity (Wildman–Crippen MR) is 141 cm³/mol. The van der Waals surface area contributed by atoms with Gasteiger partial charge in [0, 0.05) is 22.7 Å². The molecule has 2 bridgehead atoms. The third-order valence-electron chi connectivity index (χ3n) is 8.24. The van der Waals surface area contributed by atoms with Crippen LogP contribution in [-0.2, 0) is 19.1 Å². The third kappa shape index (κ3) is 4.62. The lowest BCUT2D eigenvalue weighted by molar-refractivity contribution is -0.141. The zero-order chi connectivity index (χ0) is 25.3. The minimum atomic E-state index is -1.09. The number of nitrogens with one attached hydrogen (secondary N) is 2. The van der Waals surface area contributed by atoms with Crippen LogP contribution in [0.2, 0.25) is 0 Å². The molecule has 2 saturated heterocycles. The fraction of sp³-hybridized carbons (Fsp3) is 0.607. The Kier molecular flexibility index (Phi) is 7.54. The lowest BCUT2D eigenvalue weighted by Gasteiger charge is -2.34. The molecule has 0 aromatic heterocycles. The van der Waals surface area contributed by atoms with Gasteiger partial charge < -0.3 is 20.3 Å². The molecular formula is C28H36BrN3O4. The molecule has 0 unspecified atom stereocenters. The van der Waals surface area contributed by atoms with E-state index < -0.39 is 29.6 Å². The van der Waals surface area contributed by atoms with Crippen molar-refractivity contribution in [2.75, 3.05) is 11.9 Å². The summed E-state index contributed by atoms with van der Waals surface area (Å²) in [5, 5.41) is 6.21. The molecule has 5 rings (SSSR count). The summed E-state index contributed by atoms with van der Waals surface area (Å²) in [6.45, 7) is 2.65. The largest absolute Gasteiger partial charge is 0.359 e. The maximum absolute atomic E-state index is 13.9. The molecule has 194 valence electrons. The van der Waals surface area contributed by atoms with Crippen molar-refractivity contribution in [3.05, 3.63) is 40.9 Å². The molecule has 1 aromatic carbocycles. The van der Waals surface area contributed by atoms with Crippen LogP contribution in [0.1, 0.15) is 64.7 Å². The highest BCUT2D eigenvalue weighted by atomic mass is 79.9. The van der Waals surface area contributed by atoms with Gasteiger partial charge in [-0.15, -0.1) is 0 Å². The number of benzene rings is 1. The highest BCUT2D eigenvalue weighted by Gasteiger charge is 2.72. The van der Waals surface area contributed by atoms with Crippen molar-refractivity contribution in [1.29, 1.82) is 0 Å². The Balaban J connectivity index is 1.40. The summed E-state index contributed by atoms with van der Waals surface area (Å²) >= 11 is 3.41. The molecule has 1 spiro atoms. The summed E-state index contributed by atoms with van der Waals surface area (Å²) in [5.41, 5.74) is -0.426. The van der Waals surface area contributed by atoms with Crippen LogP contribution < -0.4 is 10.6 Å². The van der Waals surface area contributed by atoms with Gasteiger partial charge in [-0.1, -0.05) is 73.5 Å². The number of amides is 3. The number of carbonyl (C=O) groups excluding carboxylic acids is 3. The fourth-order valence-electron chi connectivity index (χ4n) is 6.50. The van der Waals surface area contributed by atoms with Crippen LogP contribution >= 0.6 is 15.9 Å². The van der Waals surface area contributed by atoms with E-state index in [0.717, 1.165) is 55.8 Å². The average Bonchev–Trinajstić information content (AvgIpc) is 3.51. The van der Waals surface area contributed by atoms with Gasteiger partial charge in [-0.25, -0.2) is 0 Å². The van der Waals surface area contributed by atoms with Crippen molar-refractivity contribution >= 4 is 39.3 Å². The summed E-state index contributed by atoms with van der Waals surface area (Å²) in [5.74, 6) is -1.90. The van der Waals surface area contributed by atoms with Gasteiger partial charge in [0.2, 0.25) is 17.7 Å². The number of carbonyl (C=O) groups is 3. The Hall–Kier alpha value is -2.19. The fourth-order valence-corrected chi connectivity index (χ4v) is 6.77. The molecule has 5 atom stereocenters. The minimum Gasteiger partial charge on any atom is -0.359 e. The topological polar surface area (TPSA) is 87.7 Å². The first-order valence-corrected chi connectivity index (χ1v) is 14.3. The normalized spacial score (nSPS) is 31.1. The first-order chi connectivity index (χ1) is 17.4. The molecule has 0 radical (unpaired) electrons. The van der Waals surface area contributed by atoms with Crippen LogP contribution in [0, 0.1) is 11.8 Å². The van der Waals surface area contributed by atoms with E-state index in [1.807, 2.05) is 36.4 Å². The zero-order valence-corrected chi connectivity index (χ0v) is 22.5. The maximum atomic E-state index is 13.9. The van der Waals surface area contributed by atoms with Gasteiger partial charge in [0.25, 0.3) is 0 Å². The molecule has 36 heavy (non-hydrogen) atoms. The number of unbranched alkanes of at least 4 members (excludes halogenated alkanes) is 3. The van der Waals surface area contributed by atoms with Crippen molar-refractivity contribution in [2.45, 2.75) is 88.5 Å². The van der Waals surface area contributed by atoms with Crippen LogP contribution in [0.5, 0.6) is 0 Å². The lowest BCUT2D eigenvalue weighted by Crippen LogP contribution is -2.56. The highest BCUT2D eigenvalue weighted by molar-refractivity contribution is 9.10. The second-order valence-electron chi connectivity index (χ2n) is 10.6. The van der Waals surface area contributed by atoms with Crippen LogP contribution in [0.3, 0.4) is 0 Å². The van der Waals surface area contributed by atoms with Crippen LogP contribution in [0.25, 0.3) is 0 Å². The molecule has 3 heterocycles. The standard InChI is InChI=1S/C28H36BrN3O4/c1-2-3-4-8-17-32-24(26(34)31-19-9-6-5-7-10-19)28-16-15-21(36-28)22(23(28)27(32)35)25(33)30-20-13-11-18(29)12-14-20/h11-16,19,21-24H,2-10,17H2,1H3,(H,30,33)(H,31,34)/t21-,22-,23-,24+,28+/m1/s1. The number of ether oxygens (including phenoxy) is 1. The Morgan fingerprint density at radius 2 is 1.83 bits per heavy atom. The van der Waals surface area contributed by atoms with Crippen molar-refractivity contribution in [3.63, 3.8) is 0 Å². The van der Waals surface area contributed by atoms with Gasteiger partial charge in [-0.3, -0.25) is 14.4 Å². The van der Waals surface area contributed by atoms with Gasteiger partial charge in [0.1, 0.15) is 11.6 Å². The summed E-state index contributed by atoms with van der Waals surface area (Å²) in [6, 6.07) is 6.75. The van der Waals surface area contributed by atoms with E-state index in [4.69, 9.17) is 4.74 Å². The number of halogens is 1. The van der Waals surface area contributed by atoms with Crippen LogP contribution in [0.4, 0.5) is 5.69 Å². The molecule has 4 aliphatic rings. The summed E-state index contributed by atoms with van der Waals surface area (Å²) in [6.07, 6.45) is 12.6. The van der Waals surface area contributed by atoms with Gasteiger partial charge in [0.05, 0.1) is 17.9 Å². The Morgan fingerprint density at radius 3 is 2.56 bits per heavy atom. The van der Waals surface area contributed by atoms with Gasteiger partial charge >= 0.3 is 0 Å². The van der Waals surface area contributed by atoms with E-state index in [0.29, 0.717) is 12.2 Å². The molecule has 7 nitrogen and oxygen atoms in total. The Labute approximate surface area is 221 Å². The molecule has 1 aliphatic carbocycles. The molecule has 1 saturated carbocycles. The van der Waals surface area contributed by atoms with Crippen molar-refractivity contribution < 1.29 is 19.1 Å². The van der Waals surface area contributed by atoms with Crippen molar-refractivity contribution in [3.8, 4) is 0 Å². The second kappa shape index (κ2) is 10.7. The van der Waals surface area contributed by atoms with Crippen LogP contribution in [0.15, 0.2) is 40.9 Å². The van der Waals surface area contributed by atoms with E-state index >= 15 is 0 Å². The van der Waals surface area contributed by atoms with E-state index in [-0.39, 0.29) is 23.8 Å². The molecule has 3 amide bonds. The monoisotopic (exact) mass is 557 g/mol. The number of nitrogens with zero attached hydrogens (tertiary/aromatic N) is 1. The predicted octanol–water partition coefficient (Wildman–Crippen LogP) is 4.57. The molecule has 1 aromatic rings. The lowest BCUT2D eigenvalue weighted by atomic mass is 9.74. The summed E-state index contributed by atoms with van der Waals surface area (Å²) in [4.78, 5) is 42.8. The summed E-state index contributed by atoms with van der Waals surface area (Å²) < 4.78 is 7.34. The van der Waals surface area contributed by atoms with Crippen molar-refractivity contribution in [1.82, 2.24) is 10.2 Å². The first kappa shape index (κ1) is 25.5. The SMILES string of the molecule is CCCCCCN1C(=O)[C@H]2[C@H](C(=O)Nc3ccc(Br)cc3)[C@H]3C=C[C@@]2(O3)[C@@H]1C(=O)NC1CCCCC1. The highest BCUT2D eigenvalue weighted by Crippen LogP contribution is 2.55. The summed E-state index contributed by atoms with van der Waals surface area (Å²) in [7, 11) is 0. The molecule has 2 N–H and O–H groups in total. The first-order valence-electron chi connectivity index (χ1n) is 13.5. The minimum absolute atomic E-state index is 0.137. The van der Waals surface area contributed by atoms with Gasteiger partial charge in [0.15, 0.2) is 0 Å². The van der Waals surface area contributed by atoms with E-state index in [2.05, 4.69) is 33.5 Å². The quantitative estimate of drug-likeness (QED) is 0.344. The van der Waals surface area contributed by atoms with Crippen LogP contribution in [-0.4, -0.2) is 53.0 Å². The number of anilines is 1. The van der Waals surface area contributed by atoms with Gasteiger partial charge in [-0.05, 0) is 43.5 Å². The van der Waals surface area contributed by atoms with E-state index in [1.54, 1.807) is 4.90 Å². The molecule has 8 heteroatoms. The van der Waals surface area contributed by atoms with Crippen molar-refractivity contribution in [2.24, 2.45) is 11.8 Å².